The molecule has 28 heavy (non-hydrogen) atoms. The number of carboxylic acids is 1. The van der Waals surface area contributed by atoms with Crippen LogP contribution in [0.15, 0.2) is 54.6 Å². The second-order valence-electron chi connectivity index (χ2n) is 6.83. The number of aromatic nitrogens is 1. The Bertz CT molecular complexity index is 929. The van der Waals surface area contributed by atoms with Crippen molar-refractivity contribution in [1.82, 2.24) is 9.88 Å². The van der Waals surface area contributed by atoms with Crippen molar-refractivity contribution in [3.8, 4) is 22.3 Å². The van der Waals surface area contributed by atoms with Gasteiger partial charge in [0.1, 0.15) is 11.5 Å². The average molecular weight is 382 g/mol. The van der Waals surface area contributed by atoms with Crippen molar-refractivity contribution >= 4 is 5.97 Å². The molecule has 0 spiro atoms. The number of hydrogen-bond acceptors (Lipinski definition) is 2. The third-order valence-corrected chi connectivity index (χ3v) is 4.37. The molecule has 0 saturated heterocycles. The first-order chi connectivity index (χ1) is 13.3. The normalized spacial score (nSPS) is 10.5. The van der Waals surface area contributed by atoms with E-state index < -0.39 is 5.97 Å². The van der Waals surface area contributed by atoms with Gasteiger partial charge in [0.05, 0.1) is 0 Å². The molecule has 148 valence electrons. The first kappa shape index (κ1) is 21.4. The van der Waals surface area contributed by atoms with Crippen molar-refractivity contribution in [2.24, 2.45) is 0 Å². The maximum Gasteiger partial charge on any atom is 0.353 e. The molecule has 0 bridgehead atoms. The Morgan fingerprint density at radius 2 is 1.46 bits per heavy atom. The molecule has 1 aromatic heterocycles. The van der Waals surface area contributed by atoms with E-state index in [4.69, 9.17) is 0 Å². The number of aromatic carboxylic acids is 1. The molecule has 1 heterocycles. The average Bonchev–Trinajstić information content (AvgIpc) is 2.97. The highest BCUT2D eigenvalue weighted by Gasteiger charge is 2.27. The predicted molar refractivity (Wildman–Crippen MR) is 112 cm³/mol. The second kappa shape index (κ2) is 9.33. The molecule has 0 amide bonds. The fourth-order valence-electron chi connectivity index (χ4n) is 3.42. The Morgan fingerprint density at radius 3 is 1.93 bits per heavy atom. The minimum absolute atomic E-state index is 0.0113. The zero-order chi connectivity index (χ0) is 20.8. The smallest absolute Gasteiger partial charge is 0.353 e. The molecule has 3 rings (SSSR count). The molecule has 0 atom stereocenters. The summed E-state index contributed by atoms with van der Waals surface area (Å²) in [6, 6.07) is 15.7. The summed E-state index contributed by atoms with van der Waals surface area (Å²) >= 11 is 0. The standard InChI is InChI=1S/C21H20FNO2.C2H7N/c1-13(2)23-14(3)18(16-9-11-17(22)12-10-16)19(20(23)21(24)25)15-7-5-4-6-8-15;1-3-2/h4-13H,1-3H3,(H,24,25);3H,1-2H3. The summed E-state index contributed by atoms with van der Waals surface area (Å²) in [6.07, 6.45) is 0. The van der Waals surface area contributed by atoms with E-state index in [-0.39, 0.29) is 17.6 Å². The van der Waals surface area contributed by atoms with E-state index in [1.807, 2.05) is 69.8 Å². The molecule has 2 aromatic carbocycles. The number of halogens is 1. The number of nitrogens with zero attached hydrogens (tertiary/aromatic N) is 1. The van der Waals surface area contributed by atoms with Gasteiger partial charge in [0, 0.05) is 22.9 Å². The predicted octanol–water partition coefficient (Wildman–Crippen LogP) is 5.38. The van der Waals surface area contributed by atoms with E-state index in [1.54, 1.807) is 12.1 Å². The van der Waals surface area contributed by atoms with E-state index in [9.17, 15) is 14.3 Å². The van der Waals surface area contributed by atoms with Crippen molar-refractivity contribution in [3.63, 3.8) is 0 Å². The Morgan fingerprint density at radius 1 is 0.964 bits per heavy atom. The van der Waals surface area contributed by atoms with Crippen LogP contribution in [0.2, 0.25) is 0 Å². The largest absolute Gasteiger partial charge is 0.477 e. The minimum atomic E-state index is -0.969. The highest BCUT2D eigenvalue weighted by molar-refractivity contribution is 6.01. The third-order valence-electron chi connectivity index (χ3n) is 4.37. The Hall–Kier alpha value is -2.92. The molecular formula is C23H27FN2O2. The minimum Gasteiger partial charge on any atom is -0.477 e. The summed E-state index contributed by atoms with van der Waals surface area (Å²) in [7, 11) is 3.75. The van der Waals surface area contributed by atoms with E-state index in [0.717, 1.165) is 22.4 Å². The summed E-state index contributed by atoms with van der Waals surface area (Å²) < 4.78 is 15.2. The monoisotopic (exact) mass is 382 g/mol. The van der Waals surface area contributed by atoms with Gasteiger partial charge in [-0.1, -0.05) is 42.5 Å². The van der Waals surface area contributed by atoms with Crippen LogP contribution < -0.4 is 5.32 Å². The molecule has 0 aliphatic heterocycles. The summed E-state index contributed by atoms with van der Waals surface area (Å²) in [4.78, 5) is 12.1. The van der Waals surface area contributed by atoms with Crippen molar-refractivity contribution in [2.45, 2.75) is 26.8 Å². The molecule has 0 aliphatic rings. The zero-order valence-electron chi connectivity index (χ0n) is 17.0. The highest BCUT2D eigenvalue weighted by Crippen LogP contribution is 2.41. The SMILES string of the molecule is CNC.Cc1c(-c2ccc(F)cc2)c(-c2ccccc2)c(C(=O)O)n1C(C)C. The van der Waals surface area contributed by atoms with Crippen LogP contribution in [0.5, 0.6) is 0 Å². The Balaban J connectivity index is 0.000000878. The lowest BCUT2D eigenvalue weighted by Crippen LogP contribution is -2.12. The number of carboxylic acid groups (broad SMARTS) is 1. The number of nitrogens with one attached hydrogen (secondary N) is 1. The lowest BCUT2D eigenvalue weighted by molar-refractivity contribution is 0.0684. The van der Waals surface area contributed by atoms with Crippen LogP contribution in [-0.4, -0.2) is 29.7 Å². The first-order valence-corrected chi connectivity index (χ1v) is 9.21. The van der Waals surface area contributed by atoms with Gasteiger partial charge in [0.25, 0.3) is 0 Å². The topological polar surface area (TPSA) is 54.3 Å². The molecule has 0 saturated carbocycles. The summed E-state index contributed by atoms with van der Waals surface area (Å²) in [6.45, 7) is 5.84. The van der Waals surface area contributed by atoms with Gasteiger partial charge in [0.15, 0.2) is 0 Å². The lowest BCUT2D eigenvalue weighted by Gasteiger charge is -2.14. The molecule has 2 N–H and O–H groups in total. The molecule has 0 unspecified atom stereocenters. The molecule has 5 heteroatoms. The van der Waals surface area contributed by atoms with E-state index in [0.29, 0.717) is 5.56 Å². The second-order valence-corrected chi connectivity index (χ2v) is 6.83. The third kappa shape index (κ3) is 4.31. The highest BCUT2D eigenvalue weighted by atomic mass is 19.1. The first-order valence-electron chi connectivity index (χ1n) is 9.21. The maximum atomic E-state index is 13.4. The van der Waals surface area contributed by atoms with Gasteiger partial charge in [-0.2, -0.15) is 0 Å². The lowest BCUT2D eigenvalue weighted by atomic mass is 9.95. The maximum absolute atomic E-state index is 13.4. The number of hydrogen-bond donors (Lipinski definition) is 2. The van der Waals surface area contributed by atoms with Gasteiger partial charge in [-0.25, -0.2) is 9.18 Å². The number of benzene rings is 2. The van der Waals surface area contributed by atoms with Crippen LogP contribution in [0.3, 0.4) is 0 Å². The number of rotatable bonds is 4. The van der Waals surface area contributed by atoms with E-state index in [1.165, 1.54) is 12.1 Å². The van der Waals surface area contributed by atoms with Gasteiger partial charge < -0.3 is 15.0 Å². The summed E-state index contributed by atoms with van der Waals surface area (Å²) in [5.41, 5.74) is 4.26. The Labute approximate surface area is 165 Å². The molecular weight excluding hydrogens is 355 g/mol. The molecule has 3 aromatic rings. The van der Waals surface area contributed by atoms with Crippen molar-refractivity contribution in [1.29, 1.82) is 0 Å². The Kier molecular flexibility index (Phi) is 7.12. The van der Waals surface area contributed by atoms with Crippen LogP contribution >= 0.6 is 0 Å². The van der Waals surface area contributed by atoms with Gasteiger partial charge in [-0.15, -0.1) is 0 Å². The van der Waals surface area contributed by atoms with Crippen LogP contribution in [0, 0.1) is 12.7 Å². The van der Waals surface area contributed by atoms with Gasteiger partial charge >= 0.3 is 5.97 Å². The van der Waals surface area contributed by atoms with Crippen LogP contribution in [0.1, 0.15) is 36.1 Å². The summed E-state index contributed by atoms with van der Waals surface area (Å²) in [5, 5.41) is 12.7. The van der Waals surface area contributed by atoms with Crippen molar-refractivity contribution < 1.29 is 14.3 Å². The number of carbonyl (C=O) groups is 1. The fraction of sp³-hybridized carbons (Fsp3) is 0.261. The van der Waals surface area contributed by atoms with Crippen molar-refractivity contribution in [3.05, 3.63) is 71.8 Å². The molecule has 0 fully saturated rings. The molecule has 0 radical (unpaired) electrons. The van der Waals surface area contributed by atoms with Crippen LogP contribution in [0.4, 0.5) is 4.39 Å². The van der Waals surface area contributed by atoms with Crippen molar-refractivity contribution in [2.75, 3.05) is 14.1 Å². The summed E-state index contributed by atoms with van der Waals surface area (Å²) in [5.74, 6) is -1.28. The van der Waals surface area contributed by atoms with Gasteiger partial charge in [-0.05, 0) is 58.1 Å². The van der Waals surface area contributed by atoms with Gasteiger partial charge in [-0.3, -0.25) is 0 Å². The molecule has 0 aliphatic carbocycles. The van der Waals surface area contributed by atoms with Crippen LogP contribution in [-0.2, 0) is 0 Å². The van der Waals surface area contributed by atoms with E-state index >= 15 is 0 Å². The fourth-order valence-corrected chi connectivity index (χ4v) is 3.42. The zero-order valence-corrected chi connectivity index (χ0v) is 17.0. The van der Waals surface area contributed by atoms with E-state index in [2.05, 4.69) is 5.32 Å². The van der Waals surface area contributed by atoms with Crippen LogP contribution in [0.25, 0.3) is 22.3 Å². The molecule has 4 nitrogen and oxygen atoms in total. The quantitative estimate of drug-likeness (QED) is 0.636. The van der Waals surface area contributed by atoms with Gasteiger partial charge in [0.2, 0.25) is 0 Å².